The second-order valence-corrected chi connectivity index (χ2v) is 41.8. The zero-order valence-corrected chi connectivity index (χ0v) is 85.1. The first-order chi connectivity index (χ1) is 60.3. The Hall–Kier alpha value is -8.38. The molecule has 6 amide bonds. The molecule has 6 rings (SSSR count). The summed E-state index contributed by atoms with van der Waals surface area (Å²) in [6.07, 6.45) is 0.711. The number of carbonyl (C=O) groups excluding carboxylic acids is 16. The number of ether oxygens (including phenoxy) is 14. The van der Waals surface area contributed by atoms with Gasteiger partial charge in [0.05, 0.1) is 92.0 Å². The van der Waals surface area contributed by atoms with Crippen LogP contribution in [0, 0.1) is 27.6 Å². The van der Waals surface area contributed by atoms with E-state index in [-0.39, 0.29) is 154 Å². The molecule has 0 aliphatic carbocycles. The number of nitrogens with zero attached hydrogens (tertiary/aromatic N) is 6. The number of carbonyl (C=O) groups is 16. The number of aromatic nitrogens is 3. The largest absolute Gasteiger partial charge is 0.467 e. The molecule has 6 unspecified atom stereocenters. The van der Waals surface area contributed by atoms with Gasteiger partial charge in [0.1, 0.15) is 73.6 Å². The van der Waals surface area contributed by atoms with Crippen molar-refractivity contribution in [3.63, 3.8) is 0 Å². The van der Waals surface area contributed by atoms with E-state index in [1.165, 1.54) is 49.6 Å². The minimum absolute atomic E-state index is 0.0153. The summed E-state index contributed by atoms with van der Waals surface area (Å²) in [6, 6.07) is 13.2. The number of esters is 8. The number of hydrogen-bond donors (Lipinski definition) is 2. The van der Waals surface area contributed by atoms with E-state index in [0.717, 1.165) is 4.90 Å². The lowest BCUT2D eigenvalue weighted by Crippen LogP contribution is -2.43. The number of hydrogen-bond acceptors (Lipinski definition) is 37. The predicted octanol–water partition coefficient (Wildman–Crippen LogP) is 10.1. The Morgan fingerprint density at radius 3 is 1.08 bits per heavy atom. The van der Waals surface area contributed by atoms with Crippen LogP contribution in [-0.2, 0) is 134 Å². The molecule has 2 N–H and O–H groups in total. The number of imide groups is 3. The number of alkyl halides is 5. The standard InChI is InChI=1S/C21H26BrClN4O6.C21H26BrNO7.C15H22BrNO7.C14H20BrNO7.C13H23BrO6/c1-20(2,12-21(3,22)16(29)32-11-10-30-4)15(28)33-14-8-6-13(7-9-14)24-18-25-17(23)26-19(27-18)31-5;1-20(2,13-21(3,22)19(27)30-12-11-28-4)18(26)29-10-9-23-16(24)14-7-5-6-8-15(14)17(23)25;1-14(2,9-15(3,16)13(21)23-8-7-22-4)12(20)24-17-10(18)5-6-11(17)19;1-9(8-14(2,15)13(20)22-7-6-21-3)12(19)23-16-10(17)4-5-11(16)18;1-12(2,10(16)19-6-5-15)9-13(3,14)11(17)20-8-7-18-4/h6-9H,10-12H2,1-5H3,(H,24,25,26,27);5-8H,9-13H2,1-4H3;5-9H2,1-4H3;9H,4-8H2,1-3H3;15H,5-9H2,1-4H3. The Morgan fingerprint density at radius 2 is 0.738 bits per heavy atom. The molecular weight excluding hydrogens is 2070 g/mol. The van der Waals surface area contributed by atoms with Gasteiger partial charge in [-0.1, -0.05) is 98.7 Å². The monoisotopic (exact) mass is 2180 g/mol. The predicted molar refractivity (Wildman–Crippen MR) is 480 cm³/mol. The highest BCUT2D eigenvalue weighted by Crippen LogP contribution is 2.41. The maximum atomic E-state index is 12.8. The third kappa shape index (κ3) is 39.4. The van der Waals surface area contributed by atoms with Crippen molar-refractivity contribution in [2.24, 2.45) is 27.6 Å². The maximum absolute atomic E-state index is 12.8. The molecule has 40 nitrogen and oxygen atoms in total. The van der Waals surface area contributed by atoms with Crippen LogP contribution in [-0.4, -0.2) is 287 Å². The number of aliphatic hydroxyl groups is 1. The van der Waals surface area contributed by atoms with Crippen LogP contribution in [0.5, 0.6) is 11.8 Å². The van der Waals surface area contributed by atoms with E-state index in [9.17, 15) is 76.7 Å². The van der Waals surface area contributed by atoms with Gasteiger partial charge in [0, 0.05) is 66.9 Å². The van der Waals surface area contributed by atoms with E-state index in [0.29, 0.717) is 45.9 Å². The van der Waals surface area contributed by atoms with E-state index in [4.69, 9.17) is 92.7 Å². The molecule has 4 heterocycles. The van der Waals surface area contributed by atoms with Gasteiger partial charge < -0.3 is 86.4 Å². The number of methoxy groups -OCH3 is 6. The third-order valence-electron chi connectivity index (χ3n) is 18.3. The average molecular weight is 2190 g/mol. The molecule has 0 spiro atoms. The van der Waals surface area contributed by atoms with Crippen LogP contribution in [0.3, 0.4) is 0 Å². The molecule has 0 saturated carbocycles. The molecule has 0 radical (unpaired) electrons. The lowest BCUT2D eigenvalue weighted by Gasteiger charge is -2.30. The zero-order valence-electron chi connectivity index (χ0n) is 76.4. The summed E-state index contributed by atoms with van der Waals surface area (Å²) in [6.45, 7) is 24.3. The molecule has 728 valence electrons. The number of anilines is 2. The number of rotatable bonds is 46. The van der Waals surface area contributed by atoms with Crippen molar-refractivity contribution in [3.05, 3.63) is 64.9 Å². The summed E-state index contributed by atoms with van der Waals surface area (Å²) in [5.41, 5.74) is -2.69. The summed E-state index contributed by atoms with van der Waals surface area (Å²) < 4.78 is 64.8. The van der Waals surface area contributed by atoms with Crippen LogP contribution in [0.1, 0.15) is 175 Å². The Labute approximate surface area is 801 Å². The first-order valence-electron chi connectivity index (χ1n) is 40.2. The number of aliphatic hydroxyl groups excluding tert-OH is 1. The Kier molecular flexibility index (Phi) is 49.5. The van der Waals surface area contributed by atoms with Gasteiger partial charge in [0.25, 0.3) is 35.4 Å². The lowest BCUT2D eigenvalue weighted by molar-refractivity contribution is -0.204. The molecule has 3 aliphatic rings. The summed E-state index contributed by atoms with van der Waals surface area (Å²) >= 11 is 22.4. The molecule has 2 saturated heterocycles. The van der Waals surface area contributed by atoms with Crippen LogP contribution in [0.25, 0.3) is 0 Å². The van der Waals surface area contributed by atoms with Crippen LogP contribution < -0.4 is 14.8 Å². The fraction of sp³-hybridized carbons (Fsp3) is 0.631. The molecule has 2 fully saturated rings. The van der Waals surface area contributed by atoms with Crippen LogP contribution in [0.15, 0.2) is 48.5 Å². The fourth-order valence-corrected chi connectivity index (χ4v) is 15.9. The molecule has 0 bridgehead atoms. The number of amides is 6. The van der Waals surface area contributed by atoms with Crippen molar-refractivity contribution >= 4 is 198 Å². The quantitative estimate of drug-likeness (QED) is 0.0132. The highest BCUT2D eigenvalue weighted by molar-refractivity contribution is 9.11. The second kappa shape index (κ2) is 54.7. The van der Waals surface area contributed by atoms with Crippen LogP contribution in [0.2, 0.25) is 5.28 Å². The molecular formula is C84H117Br5ClN7O33. The number of halogens is 6. The molecule has 3 aliphatic heterocycles. The maximum Gasteiger partial charge on any atom is 0.338 e. The van der Waals surface area contributed by atoms with Crippen LogP contribution >= 0.6 is 91.3 Å². The van der Waals surface area contributed by atoms with Crippen molar-refractivity contribution in [1.29, 1.82) is 0 Å². The van der Waals surface area contributed by atoms with Crippen molar-refractivity contribution in [2.45, 2.75) is 176 Å². The van der Waals surface area contributed by atoms with Crippen molar-refractivity contribution in [3.8, 4) is 11.8 Å². The number of benzene rings is 2. The number of nitrogens with one attached hydrogen (secondary N) is 1. The molecule has 6 atom stereocenters. The van der Waals surface area contributed by atoms with Gasteiger partial charge in [-0.25, -0.2) is 9.59 Å². The van der Waals surface area contributed by atoms with Gasteiger partial charge in [-0.15, -0.1) is 10.1 Å². The van der Waals surface area contributed by atoms with Crippen molar-refractivity contribution < 1.29 is 158 Å². The highest BCUT2D eigenvalue weighted by atomic mass is 79.9. The van der Waals surface area contributed by atoms with E-state index in [1.807, 2.05) is 0 Å². The Bertz CT molecular complexity index is 4310. The van der Waals surface area contributed by atoms with Gasteiger partial charge in [-0.2, -0.15) is 15.0 Å². The topological polar surface area (TPSA) is 501 Å². The van der Waals surface area contributed by atoms with Crippen molar-refractivity contribution in [1.82, 2.24) is 30.0 Å². The fourth-order valence-electron chi connectivity index (χ4n) is 11.8. The highest BCUT2D eigenvalue weighted by Gasteiger charge is 2.49. The van der Waals surface area contributed by atoms with Gasteiger partial charge >= 0.3 is 65.7 Å². The summed E-state index contributed by atoms with van der Waals surface area (Å²) in [5, 5.41) is 12.6. The summed E-state index contributed by atoms with van der Waals surface area (Å²) in [4.78, 5) is 215. The van der Waals surface area contributed by atoms with Gasteiger partial charge in [0.2, 0.25) is 11.2 Å². The Morgan fingerprint density at radius 1 is 0.415 bits per heavy atom. The van der Waals surface area contributed by atoms with Crippen LogP contribution in [0.4, 0.5) is 11.6 Å². The molecule has 2 aromatic carbocycles. The van der Waals surface area contributed by atoms with E-state index < -0.39 is 144 Å². The van der Waals surface area contributed by atoms with Gasteiger partial charge in [-0.05, 0) is 170 Å². The molecule has 130 heavy (non-hydrogen) atoms. The van der Waals surface area contributed by atoms with Crippen molar-refractivity contribution in [2.75, 3.05) is 140 Å². The smallest absolute Gasteiger partial charge is 0.338 e. The number of fused-ring (bicyclic) bond motifs is 1. The zero-order chi connectivity index (χ0) is 99.2. The SMILES string of the molecule is COCCOC(=O)C(C)(Br)CC(C)(C)C(=O)OCCN1C(=O)c2ccccc2C1=O.COCCOC(=O)C(C)(Br)CC(C)(C)C(=O)OCCO.COCCOC(=O)C(C)(Br)CC(C)(C)C(=O)ON1C(=O)CCC1=O.COCCOC(=O)C(C)(Br)CC(C)(C)C(=O)Oc1ccc(Nc2nc(Cl)nc(OC)n2)cc1.COCCOC(=O)C(C)(Br)CC(C)C(=O)ON1C(=O)CCC1=O. The molecule has 3 aromatic rings. The normalized spacial score (nSPS) is 15.7. The third-order valence-corrected chi connectivity index (χ3v) is 21.6. The second-order valence-electron chi connectivity index (χ2n) is 32.7. The van der Waals surface area contributed by atoms with E-state index in [1.54, 1.807) is 139 Å². The van der Waals surface area contributed by atoms with E-state index in [2.05, 4.69) is 99.9 Å². The first kappa shape index (κ1) is 118. The molecule has 1 aromatic heterocycles. The molecule has 46 heteroatoms. The lowest BCUT2D eigenvalue weighted by atomic mass is 9.83. The Balaban J connectivity index is 0.000000557. The number of hydroxylamine groups is 4. The summed E-state index contributed by atoms with van der Waals surface area (Å²) in [7, 11) is 8.93. The first-order valence-corrected chi connectivity index (χ1v) is 44.6. The van der Waals surface area contributed by atoms with Gasteiger partial charge in [0.15, 0.2) is 0 Å². The van der Waals surface area contributed by atoms with Gasteiger partial charge in [-0.3, -0.25) is 72.0 Å². The summed E-state index contributed by atoms with van der Waals surface area (Å²) in [5.74, 6) is -8.77. The minimum atomic E-state index is -1.14. The minimum Gasteiger partial charge on any atom is -0.467 e. The average Bonchev–Trinajstić information content (AvgIpc) is 1.63. The van der Waals surface area contributed by atoms with E-state index >= 15 is 0 Å².